The number of carbonyl (C=O) groups excluding carboxylic acids is 4. The van der Waals surface area contributed by atoms with Crippen molar-refractivity contribution in [1.29, 1.82) is 0 Å². The Balaban J connectivity index is 0.793. The molecule has 18 nitrogen and oxygen atoms in total. The Morgan fingerprint density at radius 2 is 1.67 bits per heavy atom. The number of urea groups is 1. The minimum absolute atomic E-state index is 0.0129. The van der Waals surface area contributed by atoms with Crippen LogP contribution in [0.3, 0.4) is 0 Å². The predicted molar refractivity (Wildman–Crippen MR) is 278 cm³/mol. The van der Waals surface area contributed by atoms with Gasteiger partial charge < -0.3 is 35.5 Å². The summed E-state index contributed by atoms with van der Waals surface area (Å²) in [6, 6.07) is 20.9. The molecular weight excluding hydrogens is 988 g/mol. The molecular formula is C54H60F2N9O9P. The maximum absolute atomic E-state index is 15.5. The molecule has 0 radical (unpaired) electrons. The monoisotopic (exact) mass is 1050 g/mol. The van der Waals surface area contributed by atoms with Crippen LogP contribution < -0.4 is 26.0 Å². The summed E-state index contributed by atoms with van der Waals surface area (Å²) in [6.07, 6.45) is 6.41. The van der Waals surface area contributed by atoms with Crippen molar-refractivity contribution in [3.8, 4) is 28.3 Å². The average Bonchev–Trinajstić information content (AvgIpc) is 3.84. The van der Waals surface area contributed by atoms with Crippen molar-refractivity contribution in [3.63, 3.8) is 0 Å². The Labute approximate surface area is 432 Å². The molecule has 1 spiro atoms. The molecule has 0 bridgehead atoms. The quantitative estimate of drug-likeness (QED) is 0.0573. The van der Waals surface area contributed by atoms with Crippen LogP contribution in [0.5, 0.6) is 5.75 Å². The second-order valence-electron chi connectivity index (χ2n) is 19.9. The number of halogens is 2. The second-order valence-corrected chi connectivity index (χ2v) is 21.2. The fraction of sp³-hybridized carbons (Fsp3) is 0.370. The summed E-state index contributed by atoms with van der Waals surface area (Å²) in [5.41, 5.74) is 9.65. The Kier molecular flexibility index (Phi) is 15.3. The number of piperidine rings is 2. The van der Waals surface area contributed by atoms with Crippen LogP contribution >= 0.6 is 7.82 Å². The molecule has 6 aromatic rings. The van der Waals surface area contributed by atoms with Crippen molar-refractivity contribution in [2.24, 2.45) is 11.1 Å². The summed E-state index contributed by atoms with van der Waals surface area (Å²) < 4.78 is 58.9. The smallest absolute Gasteiger partial charge is 0.473 e. The van der Waals surface area contributed by atoms with Gasteiger partial charge in [0.25, 0.3) is 11.8 Å². The Morgan fingerprint density at radius 3 is 2.36 bits per heavy atom. The van der Waals surface area contributed by atoms with E-state index < -0.39 is 37.0 Å². The number of nitrogens with zero attached hydrogens (tertiary/aromatic N) is 5. The van der Waals surface area contributed by atoms with Crippen molar-refractivity contribution in [2.75, 3.05) is 69.7 Å². The molecule has 0 aliphatic carbocycles. The summed E-state index contributed by atoms with van der Waals surface area (Å²) in [5, 5.41) is 5.61. The van der Waals surface area contributed by atoms with E-state index in [1.807, 2.05) is 11.0 Å². The van der Waals surface area contributed by atoms with Gasteiger partial charge in [0.1, 0.15) is 29.4 Å². The van der Waals surface area contributed by atoms with Gasteiger partial charge in [-0.05, 0) is 142 Å². The highest BCUT2D eigenvalue weighted by Gasteiger charge is 2.39. The largest absolute Gasteiger partial charge is 0.495 e. The zero-order valence-corrected chi connectivity index (χ0v) is 43.1. The van der Waals surface area contributed by atoms with Crippen LogP contribution in [0.25, 0.3) is 33.5 Å². The fourth-order valence-corrected chi connectivity index (χ4v) is 11.3. The van der Waals surface area contributed by atoms with Gasteiger partial charge in [0, 0.05) is 67.0 Å². The van der Waals surface area contributed by atoms with E-state index in [1.54, 1.807) is 25.1 Å². The van der Waals surface area contributed by atoms with E-state index in [9.17, 15) is 28.6 Å². The van der Waals surface area contributed by atoms with Crippen LogP contribution in [0.2, 0.25) is 0 Å². The number of hydrogen-bond acceptors (Lipinski definition) is 12. The summed E-state index contributed by atoms with van der Waals surface area (Å²) in [5.74, 6) is -2.40. The van der Waals surface area contributed by atoms with Gasteiger partial charge in [0.05, 0.1) is 36.3 Å². The SMILES string of the molecule is COc1ccc(C(=O)N2CCC3(CCN(CCc4ccc(-c5cc6c(-c7cc(F)cc(NC(=O)c8ccc(C(C)(C)OP(=O)(O)OCCN)cc8F)c7C)ncnc6[nH]5)cc4)CC3)CC2)cc1N1CCC(=O)NC1=O. The van der Waals surface area contributed by atoms with Gasteiger partial charge in [-0.25, -0.2) is 28.1 Å². The van der Waals surface area contributed by atoms with Crippen LogP contribution in [0.15, 0.2) is 85.2 Å². The van der Waals surface area contributed by atoms with Gasteiger partial charge in [-0.3, -0.25) is 33.6 Å². The highest BCUT2D eigenvalue weighted by atomic mass is 31.2. The number of likely N-dealkylation sites (tertiary alicyclic amines) is 2. The van der Waals surface area contributed by atoms with Crippen molar-refractivity contribution >= 4 is 54.0 Å². The van der Waals surface area contributed by atoms with E-state index in [2.05, 4.69) is 54.8 Å². The number of imide groups is 1. The normalized spacial score (nSPS) is 17.0. The highest BCUT2D eigenvalue weighted by Crippen LogP contribution is 2.50. The van der Waals surface area contributed by atoms with Gasteiger partial charge in [-0.15, -0.1) is 0 Å². The first kappa shape index (κ1) is 52.9. The first-order valence-electron chi connectivity index (χ1n) is 24.9. The lowest BCUT2D eigenvalue weighted by Crippen LogP contribution is -2.50. The number of hydrogen-bond donors (Lipinski definition) is 5. The maximum atomic E-state index is 15.5. The third-order valence-electron chi connectivity index (χ3n) is 14.7. The summed E-state index contributed by atoms with van der Waals surface area (Å²) in [7, 11) is -3.02. The number of methoxy groups -OCH3 is 1. The molecule has 6 N–H and O–H groups in total. The van der Waals surface area contributed by atoms with Crippen LogP contribution in [0.1, 0.15) is 83.4 Å². The number of phosphoric ester groups is 1. The number of aromatic amines is 1. The number of nitrogens with one attached hydrogen (secondary N) is 3. The third-order valence-corrected chi connectivity index (χ3v) is 15.9. The molecule has 2 aromatic heterocycles. The van der Waals surface area contributed by atoms with Crippen LogP contribution in [-0.4, -0.2) is 113 Å². The number of aromatic nitrogens is 3. The summed E-state index contributed by atoms with van der Waals surface area (Å²) in [6.45, 7) is 8.78. The van der Waals surface area contributed by atoms with Crippen molar-refractivity contribution in [1.82, 2.24) is 30.1 Å². The van der Waals surface area contributed by atoms with Crippen molar-refractivity contribution < 1.29 is 51.2 Å². The molecule has 9 rings (SSSR count). The van der Waals surface area contributed by atoms with E-state index in [0.29, 0.717) is 57.9 Å². The van der Waals surface area contributed by atoms with Gasteiger partial charge >= 0.3 is 13.9 Å². The number of carbonyl (C=O) groups is 4. The van der Waals surface area contributed by atoms with Gasteiger partial charge in [-0.2, -0.15) is 0 Å². The summed E-state index contributed by atoms with van der Waals surface area (Å²) in [4.78, 5) is 79.9. The second kappa shape index (κ2) is 21.7. The third kappa shape index (κ3) is 11.7. The number of phosphoric acid groups is 1. The standard InChI is InChI=1S/C54H60F2N9O9P/c1-33-40(29-38(55)30-43(33)61-50(67)39-11-10-37(28-42(39)56)53(2,3)74-75(70,71)73-26-19-57)48-41-31-44(60-49(41)59-32-58-48)35-7-5-34(6-8-35)13-20-63-22-15-54(16-23-63)17-24-64(25-18-54)51(68)36-9-12-46(72-4)45(27-36)65-21-14-47(66)62-52(65)69/h5-12,27-32H,13-26,57H2,1-4H3,(H,61,67)(H,70,71)(H,58,59,60)(H,62,66,69). The van der Waals surface area contributed by atoms with E-state index in [4.69, 9.17) is 19.5 Å². The lowest BCUT2D eigenvalue weighted by atomic mass is 9.71. The van der Waals surface area contributed by atoms with E-state index in [-0.39, 0.29) is 60.2 Å². The molecule has 4 aromatic carbocycles. The molecule has 394 valence electrons. The number of ether oxygens (including phenoxy) is 1. The fourth-order valence-electron chi connectivity index (χ4n) is 10.2. The molecule has 5 amide bonds. The average molecular weight is 1050 g/mol. The molecule has 1 atom stereocenters. The number of fused-ring (bicyclic) bond motifs is 1. The first-order chi connectivity index (χ1) is 35.8. The maximum Gasteiger partial charge on any atom is 0.473 e. The van der Waals surface area contributed by atoms with Gasteiger partial charge in [-0.1, -0.05) is 30.3 Å². The topological polar surface area (TPSA) is 235 Å². The molecule has 3 aliphatic heterocycles. The zero-order valence-electron chi connectivity index (χ0n) is 42.2. The molecule has 1 unspecified atom stereocenters. The Morgan fingerprint density at radius 1 is 0.933 bits per heavy atom. The molecule has 3 saturated heterocycles. The van der Waals surface area contributed by atoms with Crippen LogP contribution in [0, 0.1) is 24.0 Å². The van der Waals surface area contributed by atoms with Gasteiger partial charge in [0.2, 0.25) is 5.91 Å². The number of nitrogens with two attached hydrogens (primary N) is 1. The lowest BCUT2D eigenvalue weighted by Gasteiger charge is -2.47. The molecule has 3 aliphatic rings. The van der Waals surface area contributed by atoms with Gasteiger partial charge in [0.15, 0.2) is 0 Å². The number of H-pyrrole nitrogens is 1. The highest BCUT2D eigenvalue weighted by molar-refractivity contribution is 7.47. The molecule has 0 saturated carbocycles. The summed E-state index contributed by atoms with van der Waals surface area (Å²) >= 11 is 0. The predicted octanol–water partition coefficient (Wildman–Crippen LogP) is 8.47. The Bertz CT molecular complexity index is 3210. The van der Waals surface area contributed by atoms with E-state index >= 15 is 8.78 Å². The first-order valence-corrected chi connectivity index (χ1v) is 26.4. The van der Waals surface area contributed by atoms with Crippen LogP contribution in [-0.2, 0) is 30.4 Å². The minimum Gasteiger partial charge on any atom is -0.495 e. The molecule has 3 fully saturated rings. The zero-order chi connectivity index (χ0) is 53.2. The molecule has 21 heteroatoms. The van der Waals surface area contributed by atoms with Crippen LogP contribution in [0.4, 0.5) is 25.0 Å². The lowest BCUT2D eigenvalue weighted by molar-refractivity contribution is -0.120. The van der Waals surface area contributed by atoms with E-state index in [1.165, 1.54) is 55.9 Å². The minimum atomic E-state index is -4.53. The van der Waals surface area contributed by atoms with E-state index in [0.717, 1.165) is 75.1 Å². The number of benzene rings is 4. The number of amides is 5. The molecule has 5 heterocycles. The van der Waals surface area contributed by atoms with Crippen molar-refractivity contribution in [3.05, 3.63) is 125 Å². The molecule has 75 heavy (non-hydrogen) atoms. The number of anilines is 2. The number of rotatable bonds is 16. The Hall–Kier alpha value is -6.93. The van der Waals surface area contributed by atoms with Crippen molar-refractivity contribution in [2.45, 2.75) is 64.9 Å².